The molecule has 2 heterocycles. The molecule has 0 saturated carbocycles. The Morgan fingerprint density at radius 2 is 2.00 bits per heavy atom. The minimum Gasteiger partial charge on any atom is -0.369 e. The van der Waals surface area contributed by atoms with Crippen LogP contribution in [0.25, 0.3) is 0 Å². The summed E-state index contributed by atoms with van der Waals surface area (Å²) in [4.78, 5) is 28.6. The second-order valence-electron chi connectivity index (χ2n) is 6.46. The number of nitrogens with two attached hydrogens (primary N) is 1. The molecule has 1 aliphatic heterocycles. The highest BCUT2D eigenvalue weighted by Gasteiger charge is 2.31. The highest BCUT2D eigenvalue weighted by Crippen LogP contribution is 2.26. The second-order valence-corrected chi connectivity index (χ2v) is 6.46. The summed E-state index contributed by atoms with van der Waals surface area (Å²) in [5.41, 5.74) is 7.48. The fourth-order valence-electron chi connectivity index (χ4n) is 3.46. The molecular formula is C19H23N3O2. The molecule has 2 aromatic rings. The maximum Gasteiger partial charge on any atom is 0.252 e. The Hall–Kier alpha value is -2.40. The fraction of sp³-hybridized carbons (Fsp3) is 0.368. The maximum atomic E-state index is 12.0. The fourth-order valence-corrected chi connectivity index (χ4v) is 3.46. The molecule has 5 nitrogen and oxygen atoms in total. The number of rotatable bonds is 5. The van der Waals surface area contributed by atoms with E-state index < -0.39 is 0 Å². The van der Waals surface area contributed by atoms with Crippen molar-refractivity contribution in [2.24, 2.45) is 11.7 Å². The number of likely N-dealkylation sites (tertiary alicyclic amines) is 1. The van der Waals surface area contributed by atoms with E-state index in [9.17, 15) is 9.59 Å². The van der Waals surface area contributed by atoms with Crippen LogP contribution in [0.15, 0.2) is 53.5 Å². The Balaban J connectivity index is 1.78. The second kappa shape index (κ2) is 7.45. The van der Waals surface area contributed by atoms with Gasteiger partial charge in [-0.05, 0) is 37.4 Å². The van der Waals surface area contributed by atoms with E-state index in [-0.39, 0.29) is 23.4 Å². The first-order valence-corrected chi connectivity index (χ1v) is 8.37. The molecule has 0 radical (unpaired) electrons. The summed E-state index contributed by atoms with van der Waals surface area (Å²) >= 11 is 0. The zero-order chi connectivity index (χ0) is 16.9. The summed E-state index contributed by atoms with van der Waals surface area (Å²) in [6.45, 7) is 1.37. The molecule has 2 atom stereocenters. The summed E-state index contributed by atoms with van der Waals surface area (Å²) in [6, 6.07) is 14.2. The van der Waals surface area contributed by atoms with E-state index in [1.54, 1.807) is 6.20 Å². The molecule has 3 rings (SSSR count). The molecule has 126 valence electrons. The zero-order valence-corrected chi connectivity index (χ0v) is 13.7. The highest BCUT2D eigenvalue weighted by atomic mass is 16.1. The lowest BCUT2D eigenvalue weighted by Gasteiger charge is -2.38. The molecule has 1 aliphatic rings. The first-order chi connectivity index (χ1) is 11.6. The summed E-state index contributed by atoms with van der Waals surface area (Å²) in [6.07, 6.45) is 4.00. The quantitative estimate of drug-likeness (QED) is 0.878. The third kappa shape index (κ3) is 3.92. The van der Waals surface area contributed by atoms with E-state index in [0.717, 1.165) is 31.4 Å². The van der Waals surface area contributed by atoms with Gasteiger partial charge in [-0.15, -0.1) is 0 Å². The lowest BCUT2D eigenvalue weighted by Crippen LogP contribution is -2.46. The number of hydrogen-bond acceptors (Lipinski definition) is 3. The third-order valence-corrected chi connectivity index (χ3v) is 4.83. The Bertz CT molecular complexity index is 742. The number of nitrogens with one attached hydrogen (secondary N) is 1. The number of pyridine rings is 1. The van der Waals surface area contributed by atoms with Crippen molar-refractivity contribution in [1.82, 2.24) is 9.88 Å². The molecule has 3 N–H and O–H groups in total. The SMILES string of the molecule is NC(=O)C1CCN(Cc2ccc[nH]c2=O)C(Cc2ccccc2)C1. The van der Waals surface area contributed by atoms with Crippen LogP contribution in [-0.2, 0) is 17.8 Å². The Morgan fingerprint density at radius 3 is 2.71 bits per heavy atom. The standard InChI is InChI=1S/C19H23N3O2/c20-18(23)15-8-10-22(13-16-7-4-9-21-19(16)24)17(12-15)11-14-5-2-1-3-6-14/h1-7,9,15,17H,8,10-13H2,(H2,20,23)(H,21,24). The van der Waals surface area contributed by atoms with Gasteiger partial charge in [0, 0.05) is 30.3 Å². The van der Waals surface area contributed by atoms with Gasteiger partial charge >= 0.3 is 0 Å². The van der Waals surface area contributed by atoms with Crippen molar-refractivity contribution in [3.05, 3.63) is 70.1 Å². The zero-order valence-electron chi connectivity index (χ0n) is 13.7. The molecule has 0 aliphatic carbocycles. The average Bonchev–Trinajstić information content (AvgIpc) is 2.59. The Labute approximate surface area is 141 Å². The summed E-state index contributed by atoms with van der Waals surface area (Å²) in [5.74, 6) is -0.297. The van der Waals surface area contributed by atoms with Gasteiger partial charge in [0.05, 0.1) is 0 Å². The maximum absolute atomic E-state index is 12.0. The molecule has 0 bridgehead atoms. The molecule has 2 unspecified atom stereocenters. The van der Waals surface area contributed by atoms with Crippen molar-refractivity contribution >= 4 is 5.91 Å². The van der Waals surface area contributed by atoms with Crippen LogP contribution in [0.1, 0.15) is 24.0 Å². The van der Waals surface area contributed by atoms with Gasteiger partial charge in [0.2, 0.25) is 5.91 Å². The number of hydrogen-bond donors (Lipinski definition) is 2. The van der Waals surface area contributed by atoms with Gasteiger partial charge < -0.3 is 10.7 Å². The normalized spacial score (nSPS) is 21.5. The lowest BCUT2D eigenvalue weighted by molar-refractivity contribution is -0.124. The van der Waals surface area contributed by atoms with Crippen molar-refractivity contribution in [2.75, 3.05) is 6.54 Å². The number of amides is 1. The van der Waals surface area contributed by atoms with Gasteiger partial charge in [-0.25, -0.2) is 0 Å². The summed E-state index contributed by atoms with van der Waals surface area (Å²) in [7, 11) is 0. The van der Waals surface area contributed by atoms with E-state index in [1.165, 1.54) is 5.56 Å². The van der Waals surface area contributed by atoms with Crippen LogP contribution in [0, 0.1) is 5.92 Å². The van der Waals surface area contributed by atoms with Gasteiger partial charge in [-0.3, -0.25) is 14.5 Å². The molecule has 1 saturated heterocycles. The third-order valence-electron chi connectivity index (χ3n) is 4.83. The minimum absolute atomic E-state index is 0.0482. The Morgan fingerprint density at radius 1 is 1.21 bits per heavy atom. The number of piperidine rings is 1. The van der Waals surface area contributed by atoms with E-state index in [2.05, 4.69) is 22.0 Å². The summed E-state index contributed by atoms with van der Waals surface area (Å²) < 4.78 is 0. The molecule has 5 heteroatoms. The van der Waals surface area contributed by atoms with Crippen LogP contribution >= 0.6 is 0 Å². The van der Waals surface area contributed by atoms with Gasteiger partial charge in [-0.2, -0.15) is 0 Å². The predicted molar refractivity (Wildman–Crippen MR) is 93.3 cm³/mol. The highest BCUT2D eigenvalue weighted by molar-refractivity contribution is 5.76. The minimum atomic E-state index is -0.217. The number of benzene rings is 1. The average molecular weight is 325 g/mol. The van der Waals surface area contributed by atoms with Crippen molar-refractivity contribution in [1.29, 1.82) is 0 Å². The van der Waals surface area contributed by atoms with E-state index in [1.807, 2.05) is 30.3 Å². The lowest BCUT2D eigenvalue weighted by atomic mass is 9.87. The monoisotopic (exact) mass is 325 g/mol. The van der Waals surface area contributed by atoms with Crippen LogP contribution in [0.2, 0.25) is 0 Å². The number of nitrogens with zero attached hydrogens (tertiary/aromatic N) is 1. The molecule has 0 spiro atoms. The van der Waals surface area contributed by atoms with E-state index in [4.69, 9.17) is 5.73 Å². The molecule has 1 amide bonds. The van der Waals surface area contributed by atoms with Crippen molar-refractivity contribution in [3.8, 4) is 0 Å². The van der Waals surface area contributed by atoms with Gasteiger partial charge in [0.25, 0.3) is 5.56 Å². The van der Waals surface area contributed by atoms with E-state index >= 15 is 0 Å². The molecule has 1 aromatic heterocycles. The summed E-state index contributed by atoms with van der Waals surface area (Å²) in [5, 5.41) is 0. The van der Waals surface area contributed by atoms with Gasteiger partial charge in [0.1, 0.15) is 0 Å². The predicted octanol–water partition coefficient (Wildman–Crippen LogP) is 1.68. The number of aromatic amines is 1. The number of H-pyrrole nitrogens is 1. The molecule has 1 aromatic carbocycles. The topological polar surface area (TPSA) is 79.2 Å². The number of aromatic nitrogens is 1. The van der Waals surface area contributed by atoms with Gasteiger partial charge in [-0.1, -0.05) is 36.4 Å². The number of primary amides is 1. The first kappa shape index (κ1) is 16.5. The first-order valence-electron chi connectivity index (χ1n) is 8.37. The van der Waals surface area contributed by atoms with E-state index in [0.29, 0.717) is 6.54 Å². The number of carbonyl (C=O) groups excluding carboxylic acids is 1. The van der Waals surface area contributed by atoms with Crippen LogP contribution < -0.4 is 11.3 Å². The van der Waals surface area contributed by atoms with Crippen molar-refractivity contribution < 1.29 is 4.79 Å². The van der Waals surface area contributed by atoms with Crippen molar-refractivity contribution in [2.45, 2.75) is 31.8 Å². The molecule has 1 fully saturated rings. The van der Waals surface area contributed by atoms with Crippen LogP contribution in [0.4, 0.5) is 0 Å². The Kier molecular flexibility index (Phi) is 5.11. The van der Waals surface area contributed by atoms with Crippen molar-refractivity contribution in [3.63, 3.8) is 0 Å². The number of carbonyl (C=O) groups is 1. The van der Waals surface area contributed by atoms with Crippen LogP contribution in [0.3, 0.4) is 0 Å². The molecular weight excluding hydrogens is 302 g/mol. The largest absolute Gasteiger partial charge is 0.369 e. The van der Waals surface area contributed by atoms with Crippen LogP contribution in [-0.4, -0.2) is 28.4 Å². The molecule has 24 heavy (non-hydrogen) atoms. The van der Waals surface area contributed by atoms with Gasteiger partial charge in [0.15, 0.2) is 0 Å². The van der Waals surface area contributed by atoms with Crippen LogP contribution in [0.5, 0.6) is 0 Å². The smallest absolute Gasteiger partial charge is 0.252 e.